The number of aliphatic carboxylic acids is 8. The van der Waals surface area contributed by atoms with Crippen LogP contribution in [0, 0.1) is 5.92 Å². The van der Waals surface area contributed by atoms with Crippen LogP contribution >= 0.6 is 0 Å². The quantitative estimate of drug-likeness (QED) is 0.0205. The van der Waals surface area contributed by atoms with Crippen LogP contribution in [-0.4, -0.2) is 180 Å². The van der Waals surface area contributed by atoms with Crippen molar-refractivity contribution in [2.24, 2.45) is 5.92 Å². The molecule has 2 aromatic heterocycles. The molecule has 3 atom stereocenters. The van der Waals surface area contributed by atoms with Gasteiger partial charge >= 0.3 is 71.7 Å². The van der Waals surface area contributed by atoms with Gasteiger partial charge in [0.05, 0.1) is 12.5 Å². The highest BCUT2D eigenvalue weighted by Crippen LogP contribution is 2.42. The first-order chi connectivity index (χ1) is 31.9. The van der Waals surface area contributed by atoms with E-state index in [1.54, 1.807) is 24.8 Å². The first-order valence-electron chi connectivity index (χ1n) is 20.9. The zero-order valence-electron chi connectivity index (χ0n) is 36.2. The molecule has 0 spiro atoms. The number of carboxylic acids is 8. The Morgan fingerprint density at radius 2 is 1.01 bits per heavy atom. The number of quaternary nitrogens is 1. The van der Waals surface area contributed by atoms with Crippen LogP contribution < -0.4 is 19.8 Å². The number of rotatable bonds is 30. The lowest BCUT2D eigenvalue weighted by atomic mass is 9.94. The van der Waals surface area contributed by atoms with Crippen LogP contribution in [0.4, 0.5) is 4.79 Å². The van der Waals surface area contributed by atoms with Crippen LogP contribution in [0.2, 0.25) is 0 Å². The topological polar surface area (TPSA) is 415 Å². The lowest BCUT2D eigenvalue weighted by Crippen LogP contribution is -2.51. The molecule has 2 aliphatic rings. The molecule has 0 unspecified atom stereocenters. The molecule has 4 amide bonds. The van der Waals surface area contributed by atoms with Gasteiger partial charge in [-0.1, -0.05) is 0 Å². The summed E-state index contributed by atoms with van der Waals surface area (Å²) in [6.45, 7) is -3.65. The van der Waals surface area contributed by atoms with E-state index in [2.05, 4.69) is 0 Å². The van der Waals surface area contributed by atoms with E-state index in [0.29, 0.717) is 34.4 Å². The Kier molecular flexibility index (Phi) is 17.8. The number of unbranched alkanes of at least 4 members (excludes halogenated alkanes) is 1. The summed E-state index contributed by atoms with van der Waals surface area (Å²) in [7, 11) is 0. The Hall–Kier alpha value is -7.98. The molecule has 0 fully saturated rings. The van der Waals surface area contributed by atoms with E-state index in [4.69, 9.17) is 5.11 Å². The zero-order valence-corrected chi connectivity index (χ0v) is 36.2. The van der Waals surface area contributed by atoms with Gasteiger partial charge in [-0.3, -0.25) is 43.2 Å². The third-order valence-corrected chi connectivity index (χ3v) is 11.4. The second-order valence-corrected chi connectivity index (χ2v) is 16.3. The Morgan fingerprint density at radius 1 is 0.588 bits per heavy atom. The van der Waals surface area contributed by atoms with Crippen molar-refractivity contribution in [2.45, 2.75) is 95.9 Å². The largest absolute Gasteiger partial charge is 0.481 e. The van der Waals surface area contributed by atoms with E-state index in [-0.39, 0.29) is 30.4 Å². The fraction of sp³-hybridized carbons (Fsp3) is 0.538. The number of nitrogens with one attached hydrogen (secondary N) is 2. The monoisotopic (exact) mass is 966 g/mol. The van der Waals surface area contributed by atoms with Gasteiger partial charge in [0.2, 0.25) is 0 Å². The number of fused-ring (bicyclic) bond motifs is 5. The summed E-state index contributed by atoms with van der Waals surface area (Å²) in [6.07, 6.45) is 3.77. The molecule has 0 aliphatic carbocycles. The standard InChI is InChI=1S/C39H49N9O20/c49-23(4-5-24(36(64)65)40-38(68)41-25(37(66)67)6-7-30(52)53)13-22(35(62)63)3-1-2-12-48-20-26-42(14-28(50)44(16-31(54)55)17-32(56)57)8-10-46(26)39(48)47-11-9-43(27(47)21-48)15-29(51)45(18-33(58)59)19-34(60)61/h8-11,22,24-25,39H,1-7,12-21H2,(H7-3,40,41,52,53,54,55,56,57,58,59,60,61,62,63,64,65,66,67,68)/p+3/t22-,24+,25+,39?,48?/m1/s1. The summed E-state index contributed by atoms with van der Waals surface area (Å²) in [5.41, 5.74) is 0. The van der Waals surface area contributed by atoms with E-state index in [1.807, 2.05) is 19.8 Å². The number of hydrogen-bond acceptors (Lipinski definition) is 12. The number of carbonyl (C=O) groups excluding carboxylic acids is 4. The van der Waals surface area contributed by atoms with E-state index >= 15 is 0 Å². The van der Waals surface area contributed by atoms with Crippen molar-refractivity contribution in [3.63, 3.8) is 0 Å². The maximum Gasteiger partial charge on any atom is 0.380 e. The summed E-state index contributed by atoms with van der Waals surface area (Å²) >= 11 is 0. The number of urea groups is 1. The molecule has 4 rings (SSSR count). The number of imidazole rings is 2. The van der Waals surface area contributed by atoms with Gasteiger partial charge in [-0.25, -0.2) is 28.0 Å². The van der Waals surface area contributed by atoms with Gasteiger partial charge < -0.3 is 61.3 Å². The molecule has 0 saturated heterocycles. The summed E-state index contributed by atoms with van der Waals surface area (Å²) in [6, 6.07) is -4.61. The van der Waals surface area contributed by atoms with E-state index < -0.39 is 167 Å². The fourth-order valence-corrected chi connectivity index (χ4v) is 8.28. The summed E-state index contributed by atoms with van der Waals surface area (Å²) in [5.74, 6) is -13.9. The van der Waals surface area contributed by atoms with E-state index in [1.165, 1.54) is 9.13 Å². The Labute approximate surface area is 383 Å². The smallest absolute Gasteiger partial charge is 0.380 e. The van der Waals surface area contributed by atoms with Gasteiger partial charge in [0.15, 0.2) is 26.2 Å². The second-order valence-electron chi connectivity index (χ2n) is 16.3. The summed E-state index contributed by atoms with van der Waals surface area (Å²) in [5, 5.41) is 78.9. The molecule has 0 saturated carbocycles. The maximum atomic E-state index is 13.2. The SMILES string of the molecule is O=C(O)CC[C@H](NC(=O)N[C@@H](CCC(=O)C[C@@H](CCCC[N+]12Cc3n(cc[n+]3CC(=O)N(CC(=O)O)CC(=O)O)C1n1cc[n+](CC(=O)N(CC(=O)O)CC(=O)O)c1C2)C(=O)O)C(=O)O)C(=O)O. The highest BCUT2D eigenvalue weighted by atomic mass is 16.4. The fourth-order valence-electron chi connectivity index (χ4n) is 8.28. The first kappa shape index (κ1) is 52.6. The van der Waals surface area contributed by atoms with Crippen molar-refractivity contribution in [3.8, 4) is 0 Å². The second kappa shape index (κ2) is 23.0. The minimum atomic E-state index is -1.70. The van der Waals surface area contributed by atoms with E-state index in [9.17, 15) is 93.3 Å². The van der Waals surface area contributed by atoms with Gasteiger partial charge in [0.25, 0.3) is 11.8 Å². The van der Waals surface area contributed by atoms with Crippen molar-refractivity contribution < 1.29 is 112 Å². The minimum absolute atomic E-state index is 0.0186. The van der Waals surface area contributed by atoms with Gasteiger partial charge in [-0.05, 0) is 32.1 Å². The summed E-state index contributed by atoms with van der Waals surface area (Å²) in [4.78, 5) is 145. The molecule has 29 nitrogen and oxygen atoms in total. The van der Waals surface area contributed by atoms with Crippen LogP contribution in [-0.2, 0) is 78.9 Å². The number of carbonyl (C=O) groups is 12. The van der Waals surface area contributed by atoms with Crippen LogP contribution in [0.5, 0.6) is 0 Å². The number of nitrogens with zero attached hydrogens (tertiary/aromatic N) is 7. The lowest BCUT2D eigenvalue weighted by Gasteiger charge is -2.28. The Bertz CT molecular complexity index is 2210. The molecule has 4 heterocycles. The number of Topliss-reactive ketones (excluding diaryl/α,β-unsaturated/α-hetero) is 1. The van der Waals surface area contributed by atoms with Crippen molar-refractivity contribution in [2.75, 3.05) is 32.7 Å². The normalized spacial score (nSPS) is 16.7. The molecule has 0 radical (unpaired) electrons. The minimum Gasteiger partial charge on any atom is -0.481 e. The molecule has 29 heteroatoms. The third kappa shape index (κ3) is 14.0. The Balaban J connectivity index is 1.48. The number of aromatic nitrogens is 4. The third-order valence-electron chi connectivity index (χ3n) is 11.4. The molecule has 0 aromatic carbocycles. The zero-order chi connectivity index (χ0) is 50.6. The van der Waals surface area contributed by atoms with Crippen LogP contribution in [0.25, 0.3) is 0 Å². The molecular weight excluding hydrogens is 914 g/mol. The predicted molar refractivity (Wildman–Crippen MR) is 215 cm³/mol. The number of amides is 4. The number of carboxylic acid groups (broad SMARTS) is 8. The van der Waals surface area contributed by atoms with Crippen molar-refractivity contribution in [1.29, 1.82) is 0 Å². The number of hydrogen-bond donors (Lipinski definition) is 10. The molecular formula is C39H52N9O20+3. The molecule has 10 N–H and O–H groups in total. The van der Waals surface area contributed by atoms with Crippen LogP contribution in [0.1, 0.15) is 69.3 Å². The van der Waals surface area contributed by atoms with Crippen LogP contribution in [0.3, 0.4) is 0 Å². The molecule has 0 bridgehead atoms. The van der Waals surface area contributed by atoms with E-state index in [0.717, 1.165) is 0 Å². The average molecular weight is 967 g/mol. The van der Waals surface area contributed by atoms with Crippen molar-refractivity contribution >= 4 is 71.4 Å². The lowest BCUT2D eigenvalue weighted by molar-refractivity contribution is -0.982. The van der Waals surface area contributed by atoms with Gasteiger partial charge in [0, 0.05) is 19.3 Å². The van der Waals surface area contributed by atoms with Gasteiger partial charge in [0.1, 0.15) is 68.8 Å². The first-order valence-corrected chi connectivity index (χ1v) is 20.9. The molecule has 370 valence electrons. The highest BCUT2D eigenvalue weighted by molar-refractivity contribution is 5.88. The maximum absolute atomic E-state index is 13.2. The van der Waals surface area contributed by atoms with Crippen molar-refractivity contribution in [1.82, 2.24) is 29.6 Å². The van der Waals surface area contributed by atoms with Gasteiger partial charge in [-0.2, -0.15) is 0 Å². The molecule has 2 aliphatic heterocycles. The number of ketones is 1. The van der Waals surface area contributed by atoms with Crippen molar-refractivity contribution in [3.05, 3.63) is 36.4 Å². The molecule has 2 aromatic rings. The Morgan fingerprint density at radius 3 is 1.40 bits per heavy atom. The average Bonchev–Trinajstić information content (AvgIpc) is 3.95. The van der Waals surface area contributed by atoms with Gasteiger partial charge in [-0.15, -0.1) is 9.13 Å². The summed E-state index contributed by atoms with van der Waals surface area (Å²) < 4.78 is 6.89. The highest BCUT2D eigenvalue weighted by Gasteiger charge is 2.63. The van der Waals surface area contributed by atoms with Crippen LogP contribution in [0.15, 0.2) is 24.8 Å². The molecule has 68 heavy (non-hydrogen) atoms. The predicted octanol–water partition coefficient (Wildman–Crippen LogP) is -3.61.